The number of aliphatic hydroxyl groups is 1. The molecule has 0 amide bonds. The smallest absolute Gasteiger partial charge is 0.124 e. The topological polar surface area (TPSA) is 49.3 Å². The molecular weight excluding hydrogens is 154 g/mol. The van der Waals surface area contributed by atoms with E-state index >= 15 is 0 Å². The maximum atomic E-state index is 10.7. The summed E-state index contributed by atoms with van der Waals surface area (Å²) in [6.07, 6.45) is 3.89. The van der Waals surface area contributed by atoms with E-state index in [-0.39, 0.29) is 12.5 Å². The van der Waals surface area contributed by atoms with E-state index in [4.69, 9.17) is 5.11 Å². The van der Waals surface area contributed by atoms with Crippen LogP contribution in [0.4, 0.5) is 0 Å². The minimum Gasteiger partial charge on any atom is -0.396 e. The minimum absolute atomic E-state index is 0.0981. The zero-order valence-electron chi connectivity index (χ0n) is 7.49. The summed E-state index contributed by atoms with van der Waals surface area (Å²) in [7, 11) is 1.89. The molecule has 2 N–H and O–H groups in total. The van der Waals surface area contributed by atoms with E-state index in [1.54, 1.807) is 0 Å². The number of hydrogen-bond donors (Lipinski definition) is 2. The van der Waals surface area contributed by atoms with E-state index in [0.29, 0.717) is 12.0 Å². The maximum Gasteiger partial charge on any atom is 0.124 e. The van der Waals surface area contributed by atoms with E-state index in [9.17, 15) is 4.79 Å². The van der Waals surface area contributed by atoms with Gasteiger partial charge in [0.1, 0.15) is 6.29 Å². The highest BCUT2D eigenvalue weighted by Gasteiger charge is 2.28. The molecule has 70 valence electrons. The Balaban J connectivity index is 2.47. The van der Waals surface area contributed by atoms with Crippen molar-refractivity contribution in [2.24, 2.45) is 11.8 Å². The van der Waals surface area contributed by atoms with Crippen LogP contribution < -0.4 is 5.32 Å². The Morgan fingerprint density at radius 2 is 2.33 bits per heavy atom. The molecule has 3 heteroatoms. The monoisotopic (exact) mass is 171 g/mol. The normalized spacial score (nSPS) is 36.3. The third kappa shape index (κ3) is 2.05. The van der Waals surface area contributed by atoms with Crippen LogP contribution >= 0.6 is 0 Å². The summed E-state index contributed by atoms with van der Waals surface area (Å²) < 4.78 is 0. The first-order valence-corrected chi connectivity index (χ1v) is 4.55. The van der Waals surface area contributed by atoms with Crippen LogP contribution in [0.25, 0.3) is 0 Å². The van der Waals surface area contributed by atoms with Crippen molar-refractivity contribution in [3.05, 3.63) is 0 Å². The average molecular weight is 171 g/mol. The van der Waals surface area contributed by atoms with Crippen molar-refractivity contribution < 1.29 is 9.90 Å². The summed E-state index contributed by atoms with van der Waals surface area (Å²) in [5, 5.41) is 12.1. The molecule has 0 bridgehead atoms. The molecule has 0 spiro atoms. The SMILES string of the molecule is CN[C@@H]1CCC(CO)C[C@@H]1C=O. The fourth-order valence-electron chi connectivity index (χ4n) is 1.97. The molecular formula is C9H17NO2. The molecule has 12 heavy (non-hydrogen) atoms. The highest BCUT2D eigenvalue weighted by atomic mass is 16.3. The number of hydrogen-bond acceptors (Lipinski definition) is 3. The van der Waals surface area contributed by atoms with Crippen molar-refractivity contribution >= 4 is 6.29 Å². The molecule has 3 atom stereocenters. The minimum atomic E-state index is 0.0981. The van der Waals surface area contributed by atoms with Crippen LogP contribution in [0.15, 0.2) is 0 Å². The molecule has 1 unspecified atom stereocenters. The van der Waals surface area contributed by atoms with Gasteiger partial charge in [-0.15, -0.1) is 0 Å². The Labute approximate surface area is 73.2 Å². The van der Waals surface area contributed by atoms with E-state index in [2.05, 4.69) is 5.32 Å². The maximum absolute atomic E-state index is 10.7. The Morgan fingerprint density at radius 1 is 1.58 bits per heavy atom. The van der Waals surface area contributed by atoms with Gasteiger partial charge in [0.25, 0.3) is 0 Å². The second-order valence-corrected chi connectivity index (χ2v) is 3.56. The predicted octanol–water partition coefficient (Wildman–Crippen LogP) is 0.182. The van der Waals surface area contributed by atoms with Crippen LogP contribution in [0.2, 0.25) is 0 Å². The van der Waals surface area contributed by atoms with Crippen LogP contribution in [-0.2, 0) is 4.79 Å². The van der Waals surface area contributed by atoms with Crippen LogP contribution in [0.3, 0.4) is 0 Å². The van der Waals surface area contributed by atoms with Gasteiger partial charge >= 0.3 is 0 Å². The zero-order valence-corrected chi connectivity index (χ0v) is 7.49. The molecule has 0 heterocycles. The molecule has 0 aliphatic heterocycles. The number of rotatable bonds is 3. The highest BCUT2D eigenvalue weighted by Crippen LogP contribution is 2.27. The summed E-state index contributed by atoms with van der Waals surface area (Å²) in [6, 6.07) is 0.324. The first kappa shape index (κ1) is 9.68. The summed E-state index contributed by atoms with van der Waals surface area (Å²) in [5.41, 5.74) is 0. The number of nitrogens with one attached hydrogen (secondary N) is 1. The molecule has 0 radical (unpaired) electrons. The molecule has 3 nitrogen and oxygen atoms in total. The summed E-state index contributed by atoms with van der Waals surface area (Å²) in [5.74, 6) is 0.436. The van der Waals surface area contributed by atoms with Gasteiger partial charge < -0.3 is 15.2 Å². The standard InChI is InChI=1S/C9H17NO2/c1-10-9-3-2-7(5-11)4-8(9)6-12/h6-11H,2-5H2,1H3/t7?,8-,9-/m1/s1. The van der Waals surface area contributed by atoms with E-state index in [1.807, 2.05) is 7.05 Å². The van der Waals surface area contributed by atoms with Gasteiger partial charge in [0.2, 0.25) is 0 Å². The van der Waals surface area contributed by atoms with Gasteiger partial charge in [-0.1, -0.05) is 0 Å². The first-order valence-electron chi connectivity index (χ1n) is 4.55. The summed E-state index contributed by atoms with van der Waals surface area (Å²) >= 11 is 0. The molecule has 1 saturated carbocycles. The quantitative estimate of drug-likeness (QED) is 0.596. The highest BCUT2D eigenvalue weighted by molar-refractivity contribution is 5.55. The average Bonchev–Trinajstić information content (AvgIpc) is 2.16. The van der Waals surface area contributed by atoms with Crippen LogP contribution in [0.5, 0.6) is 0 Å². The molecule has 1 aliphatic carbocycles. The van der Waals surface area contributed by atoms with Crippen molar-refractivity contribution in [2.75, 3.05) is 13.7 Å². The zero-order chi connectivity index (χ0) is 8.97. The summed E-state index contributed by atoms with van der Waals surface area (Å²) in [6.45, 7) is 0.223. The number of aliphatic hydroxyl groups excluding tert-OH is 1. The molecule has 0 aromatic rings. The van der Waals surface area contributed by atoms with E-state index < -0.39 is 0 Å². The van der Waals surface area contributed by atoms with Crippen molar-refractivity contribution in [3.63, 3.8) is 0 Å². The second-order valence-electron chi connectivity index (χ2n) is 3.56. The Morgan fingerprint density at radius 3 is 2.83 bits per heavy atom. The lowest BCUT2D eigenvalue weighted by molar-refractivity contribution is -0.113. The van der Waals surface area contributed by atoms with Gasteiger partial charge in [0, 0.05) is 18.6 Å². The van der Waals surface area contributed by atoms with Gasteiger partial charge in [-0.2, -0.15) is 0 Å². The largest absolute Gasteiger partial charge is 0.396 e. The lowest BCUT2D eigenvalue weighted by Gasteiger charge is -2.31. The van der Waals surface area contributed by atoms with Crippen molar-refractivity contribution in [1.29, 1.82) is 0 Å². The lowest BCUT2D eigenvalue weighted by atomic mass is 9.79. The fraction of sp³-hybridized carbons (Fsp3) is 0.889. The molecule has 0 aromatic heterocycles. The predicted molar refractivity (Wildman–Crippen MR) is 46.8 cm³/mol. The second kappa shape index (κ2) is 4.58. The van der Waals surface area contributed by atoms with Crippen molar-refractivity contribution in [3.8, 4) is 0 Å². The van der Waals surface area contributed by atoms with Gasteiger partial charge in [-0.3, -0.25) is 0 Å². The van der Waals surface area contributed by atoms with Gasteiger partial charge in [0.15, 0.2) is 0 Å². The molecule has 0 aromatic carbocycles. The molecule has 1 rings (SSSR count). The number of carbonyl (C=O) groups is 1. The lowest BCUT2D eigenvalue weighted by Crippen LogP contribution is -2.40. The van der Waals surface area contributed by atoms with Gasteiger partial charge in [0.05, 0.1) is 0 Å². The Hall–Kier alpha value is -0.410. The van der Waals surface area contributed by atoms with Crippen LogP contribution in [0, 0.1) is 11.8 Å². The van der Waals surface area contributed by atoms with E-state index in [0.717, 1.165) is 25.5 Å². The number of aldehydes is 1. The fourth-order valence-corrected chi connectivity index (χ4v) is 1.97. The van der Waals surface area contributed by atoms with E-state index in [1.165, 1.54) is 0 Å². The molecule has 0 saturated heterocycles. The van der Waals surface area contributed by atoms with Gasteiger partial charge in [-0.25, -0.2) is 0 Å². The van der Waals surface area contributed by atoms with Crippen molar-refractivity contribution in [2.45, 2.75) is 25.3 Å². The van der Waals surface area contributed by atoms with Crippen molar-refractivity contribution in [1.82, 2.24) is 5.32 Å². The van der Waals surface area contributed by atoms with Gasteiger partial charge in [-0.05, 0) is 32.2 Å². The van der Waals surface area contributed by atoms with Crippen LogP contribution in [-0.4, -0.2) is 31.1 Å². The first-order chi connectivity index (χ1) is 5.81. The summed E-state index contributed by atoms with van der Waals surface area (Å²) in [4.78, 5) is 10.7. The third-order valence-electron chi connectivity index (χ3n) is 2.81. The number of carbonyl (C=O) groups excluding carboxylic acids is 1. The Kier molecular flexibility index (Phi) is 3.69. The Bertz CT molecular complexity index is 149. The molecule has 1 aliphatic rings. The third-order valence-corrected chi connectivity index (χ3v) is 2.81. The van der Waals surface area contributed by atoms with Crippen LogP contribution in [0.1, 0.15) is 19.3 Å². The molecule has 1 fully saturated rings.